The number of furan rings is 1. The number of aromatic nitrogens is 1. The van der Waals surface area contributed by atoms with Gasteiger partial charge in [0.15, 0.2) is 0 Å². The Morgan fingerprint density at radius 3 is 2.06 bits per heavy atom. The van der Waals surface area contributed by atoms with E-state index in [1.54, 1.807) is 6.26 Å². The third-order valence-corrected chi connectivity index (χ3v) is 6.70. The first-order valence-corrected chi connectivity index (χ1v) is 11.5. The lowest BCUT2D eigenvalue weighted by Gasteiger charge is -2.16. The lowest BCUT2D eigenvalue weighted by Crippen LogP contribution is -1.98. The summed E-state index contributed by atoms with van der Waals surface area (Å²) in [6.07, 6.45) is 1.78. The lowest BCUT2D eigenvalue weighted by atomic mass is 9.98. The number of hydrogen-bond acceptors (Lipinski definition) is 1. The van der Waals surface area contributed by atoms with Crippen LogP contribution in [0.25, 0.3) is 60.7 Å². The minimum absolute atomic E-state index is 0.900. The summed E-state index contributed by atoms with van der Waals surface area (Å²) in [7, 11) is 0. The van der Waals surface area contributed by atoms with Crippen LogP contribution < -0.4 is 0 Å². The molecule has 2 heteroatoms. The fourth-order valence-electron chi connectivity index (χ4n) is 5.14. The fourth-order valence-corrected chi connectivity index (χ4v) is 5.14. The average Bonchev–Trinajstić information content (AvgIpc) is 3.52. The van der Waals surface area contributed by atoms with E-state index in [2.05, 4.69) is 126 Å². The number of benzene rings is 5. The first-order valence-electron chi connectivity index (χ1n) is 11.5. The van der Waals surface area contributed by atoms with Crippen LogP contribution in [0.15, 0.2) is 132 Å². The molecule has 7 aromatic rings. The van der Waals surface area contributed by atoms with Crippen LogP contribution in [0.2, 0.25) is 0 Å². The van der Waals surface area contributed by atoms with Crippen molar-refractivity contribution in [3.8, 4) is 27.9 Å². The van der Waals surface area contributed by atoms with Crippen LogP contribution in [-0.2, 0) is 0 Å². The van der Waals surface area contributed by atoms with E-state index in [0.717, 1.165) is 16.7 Å². The summed E-state index contributed by atoms with van der Waals surface area (Å²) < 4.78 is 8.22. The SMILES string of the molecule is c1ccc(-c2ccc(-c3ccccc3)c(-n3c4ccccc4c4ccc5occc5c43)c2)cc1. The maximum atomic E-state index is 5.81. The Bertz CT molecular complexity index is 1790. The van der Waals surface area contributed by atoms with Crippen LogP contribution in [0.4, 0.5) is 0 Å². The quantitative estimate of drug-likeness (QED) is 0.271. The molecule has 2 nitrogen and oxygen atoms in total. The van der Waals surface area contributed by atoms with Crippen LogP contribution in [0.1, 0.15) is 0 Å². The molecule has 0 fully saturated rings. The van der Waals surface area contributed by atoms with Crippen LogP contribution >= 0.6 is 0 Å². The molecular weight excluding hydrogens is 414 g/mol. The maximum Gasteiger partial charge on any atom is 0.136 e. The summed E-state index contributed by atoms with van der Waals surface area (Å²) in [5.41, 5.74) is 9.22. The molecule has 0 aliphatic carbocycles. The number of para-hydroxylation sites is 1. The van der Waals surface area contributed by atoms with E-state index >= 15 is 0 Å². The monoisotopic (exact) mass is 435 g/mol. The standard InChI is InChI=1S/C32H21NO/c1-3-9-22(10-4-1)24-15-16-25(23-11-5-2-6-12-23)30(21-24)33-29-14-8-7-13-26(29)27-17-18-31-28(32(27)33)19-20-34-31/h1-21H. The molecule has 0 N–H and O–H groups in total. The summed E-state index contributed by atoms with van der Waals surface area (Å²) in [5.74, 6) is 0. The van der Waals surface area contributed by atoms with Crippen molar-refractivity contribution in [2.45, 2.75) is 0 Å². The van der Waals surface area contributed by atoms with Crippen molar-refractivity contribution < 1.29 is 4.42 Å². The lowest BCUT2D eigenvalue weighted by molar-refractivity contribution is 0.616. The van der Waals surface area contributed by atoms with E-state index in [-0.39, 0.29) is 0 Å². The normalized spacial score (nSPS) is 11.5. The van der Waals surface area contributed by atoms with Gasteiger partial charge in [0.2, 0.25) is 0 Å². The van der Waals surface area contributed by atoms with Gasteiger partial charge in [-0.1, -0.05) is 91.0 Å². The third-order valence-electron chi connectivity index (χ3n) is 6.70. The second kappa shape index (κ2) is 7.50. The smallest absolute Gasteiger partial charge is 0.136 e. The van der Waals surface area contributed by atoms with Crippen molar-refractivity contribution in [2.24, 2.45) is 0 Å². The molecular formula is C32H21NO. The predicted octanol–water partition coefficient (Wildman–Crippen LogP) is 8.86. The number of rotatable bonds is 3. The van der Waals surface area contributed by atoms with Crippen molar-refractivity contribution in [1.29, 1.82) is 0 Å². The Hall–Kier alpha value is -4.56. The zero-order chi connectivity index (χ0) is 22.5. The summed E-state index contributed by atoms with van der Waals surface area (Å²) >= 11 is 0. The zero-order valence-electron chi connectivity index (χ0n) is 18.5. The molecule has 2 aromatic heterocycles. The highest BCUT2D eigenvalue weighted by Gasteiger charge is 2.19. The van der Waals surface area contributed by atoms with E-state index in [9.17, 15) is 0 Å². The number of hydrogen-bond donors (Lipinski definition) is 0. The average molecular weight is 436 g/mol. The summed E-state index contributed by atoms with van der Waals surface area (Å²) in [5, 5.41) is 3.59. The van der Waals surface area contributed by atoms with Crippen molar-refractivity contribution >= 4 is 32.8 Å². The summed E-state index contributed by atoms with van der Waals surface area (Å²) in [6.45, 7) is 0. The Balaban J connectivity index is 1.65. The third kappa shape index (κ3) is 2.82. The van der Waals surface area contributed by atoms with Gasteiger partial charge in [0.25, 0.3) is 0 Å². The van der Waals surface area contributed by atoms with Gasteiger partial charge in [0.1, 0.15) is 5.58 Å². The maximum absolute atomic E-state index is 5.81. The van der Waals surface area contributed by atoms with E-state index < -0.39 is 0 Å². The van der Waals surface area contributed by atoms with Gasteiger partial charge in [-0.15, -0.1) is 0 Å². The predicted molar refractivity (Wildman–Crippen MR) is 141 cm³/mol. The molecule has 0 amide bonds. The van der Waals surface area contributed by atoms with Crippen molar-refractivity contribution in [2.75, 3.05) is 0 Å². The molecule has 160 valence electrons. The molecule has 7 rings (SSSR count). The van der Waals surface area contributed by atoms with E-state index in [0.29, 0.717) is 0 Å². The molecule has 0 radical (unpaired) electrons. The van der Waals surface area contributed by atoms with Gasteiger partial charge >= 0.3 is 0 Å². The van der Waals surface area contributed by atoms with Crippen molar-refractivity contribution in [3.05, 3.63) is 128 Å². The Morgan fingerprint density at radius 2 is 1.24 bits per heavy atom. The zero-order valence-corrected chi connectivity index (χ0v) is 18.5. The van der Waals surface area contributed by atoms with Gasteiger partial charge in [-0.2, -0.15) is 0 Å². The minimum Gasteiger partial charge on any atom is -0.464 e. The topological polar surface area (TPSA) is 18.1 Å². The summed E-state index contributed by atoms with van der Waals surface area (Å²) in [4.78, 5) is 0. The Morgan fingerprint density at radius 1 is 0.500 bits per heavy atom. The molecule has 0 bridgehead atoms. The molecule has 0 aliphatic heterocycles. The van der Waals surface area contributed by atoms with Crippen LogP contribution in [0, 0.1) is 0 Å². The number of fused-ring (bicyclic) bond motifs is 5. The molecule has 0 aliphatic rings. The second-order valence-corrected chi connectivity index (χ2v) is 8.61. The van der Waals surface area contributed by atoms with Gasteiger partial charge in [-0.3, -0.25) is 0 Å². The molecule has 0 spiro atoms. The fraction of sp³-hybridized carbons (Fsp3) is 0. The molecule has 2 heterocycles. The van der Waals surface area contributed by atoms with Crippen molar-refractivity contribution in [3.63, 3.8) is 0 Å². The van der Waals surface area contributed by atoms with Crippen LogP contribution in [-0.4, -0.2) is 4.57 Å². The molecule has 0 atom stereocenters. The highest BCUT2D eigenvalue weighted by Crippen LogP contribution is 2.40. The molecule has 0 saturated carbocycles. The molecule has 34 heavy (non-hydrogen) atoms. The molecule has 0 unspecified atom stereocenters. The van der Waals surface area contributed by atoms with Gasteiger partial charge in [-0.25, -0.2) is 0 Å². The van der Waals surface area contributed by atoms with Gasteiger partial charge in [0, 0.05) is 21.7 Å². The van der Waals surface area contributed by atoms with Crippen molar-refractivity contribution in [1.82, 2.24) is 4.57 Å². The summed E-state index contributed by atoms with van der Waals surface area (Å²) in [6, 6.07) is 43.0. The number of nitrogens with zero attached hydrogens (tertiary/aromatic N) is 1. The largest absolute Gasteiger partial charge is 0.464 e. The van der Waals surface area contributed by atoms with Gasteiger partial charge in [-0.05, 0) is 47.0 Å². The first-order chi connectivity index (χ1) is 16.9. The van der Waals surface area contributed by atoms with E-state index in [4.69, 9.17) is 4.42 Å². The van der Waals surface area contributed by atoms with Crippen LogP contribution in [0.3, 0.4) is 0 Å². The van der Waals surface area contributed by atoms with E-state index in [1.807, 2.05) is 0 Å². The van der Waals surface area contributed by atoms with Gasteiger partial charge < -0.3 is 8.98 Å². The highest BCUT2D eigenvalue weighted by atomic mass is 16.3. The Kier molecular flexibility index (Phi) is 4.18. The molecule has 0 saturated heterocycles. The second-order valence-electron chi connectivity index (χ2n) is 8.61. The minimum atomic E-state index is 0.900. The molecule has 5 aromatic carbocycles. The van der Waals surface area contributed by atoms with E-state index in [1.165, 1.54) is 44.1 Å². The van der Waals surface area contributed by atoms with Gasteiger partial charge in [0.05, 0.1) is 23.0 Å². The highest BCUT2D eigenvalue weighted by molar-refractivity contribution is 6.18. The Labute approximate surface area is 197 Å². The van der Waals surface area contributed by atoms with Crippen LogP contribution in [0.5, 0.6) is 0 Å². The first kappa shape index (κ1) is 19.0.